The number of aliphatic carboxylic acids is 1. The molecule has 4 nitrogen and oxygen atoms in total. The lowest BCUT2D eigenvalue weighted by Gasteiger charge is -2.13. The zero-order valence-electron chi connectivity index (χ0n) is 10.9. The third-order valence-electron chi connectivity index (χ3n) is 2.95. The van der Waals surface area contributed by atoms with Crippen molar-refractivity contribution in [3.05, 3.63) is 58.2 Å². The second kappa shape index (κ2) is 6.52. The number of carboxylic acids is 1. The molecule has 0 radical (unpaired) electrons. The lowest BCUT2D eigenvalue weighted by Crippen LogP contribution is -2.15. The third kappa shape index (κ3) is 3.57. The smallest absolute Gasteiger partial charge is 0.311 e. The number of pyridine rings is 1. The van der Waals surface area contributed by atoms with Crippen LogP contribution in [0.4, 0.5) is 0 Å². The van der Waals surface area contributed by atoms with Gasteiger partial charge in [0, 0.05) is 22.7 Å². The Bertz CT molecular complexity index is 616. The molecule has 1 atom stereocenters. The van der Waals surface area contributed by atoms with Crippen LogP contribution in [0, 0.1) is 0 Å². The van der Waals surface area contributed by atoms with Crippen molar-refractivity contribution in [1.29, 1.82) is 0 Å². The Balaban J connectivity index is 2.28. The number of halogens is 1. The van der Waals surface area contributed by atoms with Crippen molar-refractivity contribution in [1.82, 2.24) is 4.98 Å². The molecule has 1 heterocycles. The van der Waals surface area contributed by atoms with Gasteiger partial charge < -0.3 is 9.84 Å². The molecule has 1 aromatic carbocycles. The third-order valence-corrected chi connectivity index (χ3v) is 3.45. The Labute approximate surface area is 125 Å². The molecule has 2 rings (SSSR count). The lowest BCUT2D eigenvalue weighted by atomic mass is 9.94. The summed E-state index contributed by atoms with van der Waals surface area (Å²) in [7, 11) is 1.54. The topological polar surface area (TPSA) is 59.4 Å². The van der Waals surface area contributed by atoms with Crippen molar-refractivity contribution in [2.75, 3.05) is 7.11 Å². The number of carbonyl (C=O) groups is 1. The van der Waals surface area contributed by atoms with E-state index in [-0.39, 0.29) is 0 Å². The van der Waals surface area contributed by atoms with Crippen molar-refractivity contribution in [3.63, 3.8) is 0 Å². The van der Waals surface area contributed by atoms with Gasteiger partial charge in [-0.1, -0.05) is 34.1 Å². The zero-order valence-corrected chi connectivity index (χ0v) is 12.5. The predicted molar refractivity (Wildman–Crippen MR) is 79.0 cm³/mol. The molecule has 0 saturated heterocycles. The molecule has 0 fully saturated rings. The monoisotopic (exact) mass is 335 g/mol. The summed E-state index contributed by atoms with van der Waals surface area (Å²) >= 11 is 3.36. The molecule has 0 aliphatic carbocycles. The SMILES string of the molecule is COc1cccc(CC(C(=O)O)c2cccc(Br)c2)n1. The molecule has 0 bridgehead atoms. The number of hydrogen-bond acceptors (Lipinski definition) is 3. The second-order valence-electron chi connectivity index (χ2n) is 4.32. The van der Waals surface area contributed by atoms with E-state index in [0.29, 0.717) is 18.0 Å². The summed E-state index contributed by atoms with van der Waals surface area (Å²) < 4.78 is 5.92. The highest BCUT2D eigenvalue weighted by Crippen LogP contribution is 2.24. The fourth-order valence-corrected chi connectivity index (χ4v) is 2.38. The van der Waals surface area contributed by atoms with E-state index in [1.54, 1.807) is 18.2 Å². The average Bonchev–Trinajstić information content (AvgIpc) is 2.44. The highest BCUT2D eigenvalue weighted by molar-refractivity contribution is 9.10. The molecular weight excluding hydrogens is 322 g/mol. The van der Waals surface area contributed by atoms with E-state index in [1.807, 2.05) is 24.3 Å². The average molecular weight is 336 g/mol. The molecule has 1 unspecified atom stereocenters. The van der Waals surface area contributed by atoms with E-state index < -0.39 is 11.9 Å². The van der Waals surface area contributed by atoms with Gasteiger partial charge in [-0.15, -0.1) is 0 Å². The van der Waals surface area contributed by atoms with Gasteiger partial charge in [0.1, 0.15) is 0 Å². The van der Waals surface area contributed by atoms with Crippen molar-refractivity contribution < 1.29 is 14.6 Å². The van der Waals surface area contributed by atoms with Gasteiger partial charge in [0.05, 0.1) is 13.0 Å². The molecule has 0 saturated carbocycles. The van der Waals surface area contributed by atoms with Gasteiger partial charge in [0.2, 0.25) is 5.88 Å². The number of methoxy groups -OCH3 is 1. The van der Waals surface area contributed by atoms with Crippen LogP contribution in [0.5, 0.6) is 5.88 Å². The van der Waals surface area contributed by atoms with Gasteiger partial charge in [-0.25, -0.2) is 4.98 Å². The molecule has 1 aromatic heterocycles. The fourth-order valence-electron chi connectivity index (χ4n) is 1.97. The second-order valence-corrected chi connectivity index (χ2v) is 5.24. The number of rotatable bonds is 5. The Morgan fingerprint density at radius 1 is 1.35 bits per heavy atom. The van der Waals surface area contributed by atoms with Crippen molar-refractivity contribution in [2.24, 2.45) is 0 Å². The predicted octanol–water partition coefficient (Wildman–Crippen LogP) is 3.26. The van der Waals surface area contributed by atoms with Gasteiger partial charge in [-0.05, 0) is 23.8 Å². The normalized spacial score (nSPS) is 11.9. The molecule has 0 aliphatic rings. The maximum atomic E-state index is 11.5. The summed E-state index contributed by atoms with van der Waals surface area (Å²) in [5.74, 6) is -1.01. The first-order valence-corrected chi connectivity index (χ1v) is 6.87. The molecule has 0 aliphatic heterocycles. The van der Waals surface area contributed by atoms with Crippen LogP contribution in [-0.4, -0.2) is 23.2 Å². The largest absolute Gasteiger partial charge is 0.481 e. The van der Waals surface area contributed by atoms with Crippen LogP contribution in [-0.2, 0) is 11.2 Å². The molecule has 5 heteroatoms. The standard InChI is InChI=1S/C15H14BrNO3/c1-20-14-7-3-6-12(17-14)9-13(15(18)19)10-4-2-5-11(16)8-10/h2-8,13H,9H2,1H3,(H,18,19). The maximum absolute atomic E-state index is 11.5. The maximum Gasteiger partial charge on any atom is 0.311 e. The van der Waals surface area contributed by atoms with Crippen molar-refractivity contribution in [3.8, 4) is 5.88 Å². The number of carboxylic acid groups (broad SMARTS) is 1. The minimum Gasteiger partial charge on any atom is -0.481 e. The minimum atomic E-state index is -0.868. The molecule has 0 amide bonds. The first kappa shape index (κ1) is 14.5. The van der Waals surface area contributed by atoms with Gasteiger partial charge in [0.25, 0.3) is 0 Å². The van der Waals surface area contributed by atoms with Crippen LogP contribution >= 0.6 is 15.9 Å². The summed E-state index contributed by atoms with van der Waals surface area (Å²) in [6.45, 7) is 0. The molecule has 1 N–H and O–H groups in total. The zero-order chi connectivity index (χ0) is 14.5. The van der Waals surface area contributed by atoms with Crippen molar-refractivity contribution >= 4 is 21.9 Å². The van der Waals surface area contributed by atoms with Crippen LogP contribution in [0.15, 0.2) is 46.9 Å². The molecule has 20 heavy (non-hydrogen) atoms. The quantitative estimate of drug-likeness (QED) is 0.910. The highest BCUT2D eigenvalue weighted by Gasteiger charge is 2.21. The van der Waals surface area contributed by atoms with E-state index >= 15 is 0 Å². The van der Waals surface area contributed by atoms with Gasteiger partial charge in [-0.3, -0.25) is 4.79 Å². The number of nitrogens with zero attached hydrogens (tertiary/aromatic N) is 1. The van der Waals surface area contributed by atoms with Crippen LogP contribution in [0.25, 0.3) is 0 Å². The van der Waals surface area contributed by atoms with E-state index in [9.17, 15) is 9.90 Å². The Hall–Kier alpha value is -1.88. The highest BCUT2D eigenvalue weighted by atomic mass is 79.9. The first-order valence-electron chi connectivity index (χ1n) is 6.08. The van der Waals surface area contributed by atoms with Crippen molar-refractivity contribution in [2.45, 2.75) is 12.3 Å². The lowest BCUT2D eigenvalue weighted by molar-refractivity contribution is -0.138. The fraction of sp³-hybridized carbons (Fsp3) is 0.200. The number of ether oxygens (including phenoxy) is 1. The van der Waals surface area contributed by atoms with Gasteiger partial charge in [0.15, 0.2) is 0 Å². The van der Waals surface area contributed by atoms with Crippen LogP contribution < -0.4 is 4.74 Å². The first-order chi connectivity index (χ1) is 9.60. The molecule has 104 valence electrons. The summed E-state index contributed by atoms with van der Waals surface area (Å²) in [6.07, 6.45) is 0.322. The van der Waals surface area contributed by atoms with E-state index in [4.69, 9.17) is 4.74 Å². The van der Waals surface area contributed by atoms with Crippen LogP contribution in [0.1, 0.15) is 17.2 Å². The van der Waals surface area contributed by atoms with E-state index in [1.165, 1.54) is 7.11 Å². The summed E-state index contributed by atoms with van der Waals surface area (Å²) in [6, 6.07) is 12.7. The number of aromatic nitrogens is 1. The van der Waals surface area contributed by atoms with E-state index in [0.717, 1.165) is 10.0 Å². The molecular formula is C15H14BrNO3. The number of benzene rings is 1. The summed E-state index contributed by atoms with van der Waals surface area (Å²) in [4.78, 5) is 15.8. The Morgan fingerprint density at radius 2 is 2.10 bits per heavy atom. The minimum absolute atomic E-state index is 0.322. The summed E-state index contributed by atoms with van der Waals surface area (Å²) in [5.41, 5.74) is 1.44. The van der Waals surface area contributed by atoms with Gasteiger partial charge in [-0.2, -0.15) is 0 Å². The Kier molecular flexibility index (Phi) is 4.74. The molecule has 0 spiro atoms. The number of hydrogen-bond donors (Lipinski definition) is 1. The summed E-state index contributed by atoms with van der Waals surface area (Å²) in [5, 5.41) is 9.43. The van der Waals surface area contributed by atoms with Gasteiger partial charge >= 0.3 is 5.97 Å². The van der Waals surface area contributed by atoms with Crippen LogP contribution in [0.3, 0.4) is 0 Å². The van der Waals surface area contributed by atoms with Crippen LogP contribution in [0.2, 0.25) is 0 Å². The molecule has 2 aromatic rings. The Morgan fingerprint density at radius 3 is 2.75 bits per heavy atom. The van der Waals surface area contributed by atoms with E-state index in [2.05, 4.69) is 20.9 Å².